The van der Waals surface area contributed by atoms with Crippen LogP contribution in [0.2, 0.25) is 0 Å². The molecule has 2 aromatic carbocycles. The predicted octanol–water partition coefficient (Wildman–Crippen LogP) is 6.18. The topological polar surface area (TPSA) is 54.9 Å². The van der Waals surface area contributed by atoms with Crippen molar-refractivity contribution in [1.29, 1.82) is 0 Å². The molecule has 2 heterocycles. The van der Waals surface area contributed by atoms with Gasteiger partial charge in [-0.3, -0.25) is 4.79 Å². The van der Waals surface area contributed by atoms with Gasteiger partial charge in [-0.2, -0.15) is 13.2 Å². The molecule has 0 fully saturated rings. The molecule has 0 aliphatic rings. The number of fused-ring (bicyclic) bond motifs is 1. The van der Waals surface area contributed by atoms with Crippen LogP contribution in [0.5, 0.6) is 0 Å². The number of halogens is 3. The van der Waals surface area contributed by atoms with Gasteiger partial charge in [0.05, 0.1) is 28.9 Å². The first-order chi connectivity index (χ1) is 14.7. The van der Waals surface area contributed by atoms with Crippen molar-refractivity contribution < 1.29 is 18.0 Å². The minimum atomic E-state index is -4.43. The summed E-state index contributed by atoms with van der Waals surface area (Å²) in [6, 6.07) is 14.0. The molecule has 8 heteroatoms. The van der Waals surface area contributed by atoms with E-state index in [0.29, 0.717) is 27.5 Å². The van der Waals surface area contributed by atoms with Crippen molar-refractivity contribution in [3.8, 4) is 11.3 Å². The summed E-state index contributed by atoms with van der Waals surface area (Å²) in [6.07, 6.45) is -4.35. The number of rotatable bonds is 4. The van der Waals surface area contributed by atoms with Crippen LogP contribution in [0.15, 0.2) is 54.6 Å². The fourth-order valence-electron chi connectivity index (χ4n) is 3.23. The highest BCUT2D eigenvalue weighted by atomic mass is 32.1. The first-order valence-electron chi connectivity index (χ1n) is 9.51. The summed E-state index contributed by atoms with van der Waals surface area (Å²) in [5.74, 6) is -0.229. The summed E-state index contributed by atoms with van der Waals surface area (Å²) in [6.45, 7) is 3.82. The van der Waals surface area contributed by atoms with Gasteiger partial charge in [-0.25, -0.2) is 9.97 Å². The summed E-state index contributed by atoms with van der Waals surface area (Å²) in [5, 5.41) is 4.15. The van der Waals surface area contributed by atoms with E-state index in [9.17, 15) is 18.0 Å². The van der Waals surface area contributed by atoms with E-state index in [1.54, 1.807) is 24.3 Å². The highest BCUT2D eigenvalue weighted by molar-refractivity contribution is 7.15. The average Bonchev–Trinajstić information content (AvgIpc) is 3.04. The Labute approximate surface area is 180 Å². The minimum absolute atomic E-state index is 0.0774. The fraction of sp³-hybridized carbons (Fsp3) is 0.174. The molecule has 0 atom stereocenters. The van der Waals surface area contributed by atoms with Gasteiger partial charge < -0.3 is 5.32 Å². The largest absolute Gasteiger partial charge is 0.416 e. The number of aromatic nitrogens is 2. The Morgan fingerprint density at radius 3 is 2.52 bits per heavy atom. The van der Waals surface area contributed by atoms with Crippen LogP contribution >= 0.6 is 11.3 Å². The first-order valence-corrected chi connectivity index (χ1v) is 10.3. The zero-order valence-electron chi connectivity index (χ0n) is 16.7. The number of pyridine rings is 1. The maximum atomic E-state index is 13.1. The third-order valence-corrected chi connectivity index (χ3v) is 5.90. The van der Waals surface area contributed by atoms with Crippen molar-refractivity contribution in [3.05, 3.63) is 76.3 Å². The summed E-state index contributed by atoms with van der Waals surface area (Å²) in [7, 11) is 0. The number of aryl methyl sites for hydroxylation is 2. The molecule has 0 aliphatic heterocycles. The van der Waals surface area contributed by atoms with Crippen LogP contribution in [-0.2, 0) is 17.4 Å². The number of nitrogens with one attached hydrogen (secondary N) is 1. The minimum Gasteiger partial charge on any atom is -0.302 e. The molecular formula is C23H18F3N3OS. The molecule has 4 nitrogen and oxygen atoms in total. The Kier molecular flexibility index (Phi) is 5.49. The standard InChI is InChI=1S/C23H18F3N3OS/c1-13-14(2)31-22(27-13)29-20(30)12-17-7-3-5-15-9-10-19(28-21(15)17)16-6-4-8-18(11-16)23(24,25)26/h3-11H,12H2,1-2H3,(H,27,29,30). The van der Waals surface area contributed by atoms with Gasteiger partial charge in [-0.1, -0.05) is 36.4 Å². The van der Waals surface area contributed by atoms with Gasteiger partial charge in [0.25, 0.3) is 0 Å². The van der Waals surface area contributed by atoms with Gasteiger partial charge in [0, 0.05) is 15.8 Å². The molecule has 0 aliphatic carbocycles. The van der Waals surface area contributed by atoms with Gasteiger partial charge in [0.1, 0.15) is 0 Å². The third-order valence-electron chi connectivity index (χ3n) is 4.92. The Morgan fingerprint density at radius 1 is 1.03 bits per heavy atom. The summed E-state index contributed by atoms with van der Waals surface area (Å²) in [5.41, 5.74) is 2.20. The first kappa shape index (κ1) is 21.0. The fourth-order valence-corrected chi connectivity index (χ4v) is 4.06. The molecule has 1 amide bonds. The number of hydrogen-bond donors (Lipinski definition) is 1. The van der Waals surface area contributed by atoms with E-state index in [0.717, 1.165) is 28.1 Å². The molecule has 0 saturated heterocycles. The van der Waals surface area contributed by atoms with Gasteiger partial charge in [0.2, 0.25) is 5.91 Å². The highest BCUT2D eigenvalue weighted by Gasteiger charge is 2.30. The highest BCUT2D eigenvalue weighted by Crippen LogP contribution is 2.32. The van der Waals surface area contributed by atoms with E-state index in [1.165, 1.54) is 17.4 Å². The Bertz CT molecular complexity index is 1260. The molecular weight excluding hydrogens is 423 g/mol. The van der Waals surface area contributed by atoms with E-state index >= 15 is 0 Å². The van der Waals surface area contributed by atoms with E-state index < -0.39 is 11.7 Å². The molecule has 0 bridgehead atoms. The van der Waals surface area contributed by atoms with E-state index in [1.807, 2.05) is 26.0 Å². The molecule has 4 rings (SSSR count). The summed E-state index contributed by atoms with van der Waals surface area (Å²) >= 11 is 1.41. The second-order valence-electron chi connectivity index (χ2n) is 7.15. The number of para-hydroxylation sites is 1. The molecule has 1 N–H and O–H groups in total. The quantitative estimate of drug-likeness (QED) is 0.412. The molecule has 158 valence electrons. The molecule has 0 spiro atoms. The van der Waals surface area contributed by atoms with Crippen LogP contribution in [0.1, 0.15) is 21.7 Å². The lowest BCUT2D eigenvalue weighted by Crippen LogP contribution is -2.14. The normalized spacial score (nSPS) is 11.6. The van der Waals surface area contributed by atoms with Crippen molar-refractivity contribution in [1.82, 2.24) is 9.97 Å². The van der Waals surface area contributed by atoms with E-state index in [4.69, 9.17) is 0 Å². The lowest BCUT2D eigenvalue weighted by atomic mass is 10.0. The van der Waals surface area contributed by atoms with Crippen molar-refractivity contribution in [2.75, 3.05) is 5.32 Å². The van der Waals surface area contributed by atoms with Crippen molar-refractivity contribution in [2.45, 2.75) is 26.4 Å². The van der Waals surface area contributed by atoms with Crippen LogP contribution in [0.4, 0.5) is 18.3 Å². The monoisotopic (exact) mass is 441 g/mol. The van der Waals surface area contributed by atoms with Gasteiger partial charge in [0.15, 0.2) is 5.13 Å². The van der Waals surface area contributed by atoms with Gasteiger partial charge in [-0.05, 0) is 37.6 Å². The second kappa shape index (κ2) is 8.11. The number of hydrogen-bond acceptors (Lipinski definition) is 4. The average molecular weight is 441 g/mol. The van der Waals surface area contributed by atoms with Crippen LogP contribution in [0.3, 0.4) is 0 Å². The smallest absolute Gasteiger partial charge is 0.302 e. The Hall–Kier alpha value is -3.26. The van der Waals surface area contributed by atoms with Gasteiger partial charge in [-0.15, -0.1) is 11.3 Å². The molecule has 0 radical (unpaired) electrons. The van der Waals surface area contributed by atoms with Crippen molar-refractivity contribution in [2.24, 2.45) is 0 Å². The number of alkyl halides is 3. The second-order valence-corrected chi connectivity index (χ2v) is 8.35. The number of thiazole rings is 1. The molecule has 0 unspecified atom stereocenters. The maximum Gasteiger partial charge on any atom is 0.416 e. The van der Waals surface area contributed by atoms with Crippen LogP contribution in [-0.4, -0.2) is 15.9 Å². The summed E-state index contributed by atoms with van der Waals surface area (Å²) < 4.78 is 39.2. The lowest BCUT2D eigenvalue weighted by molar-refractivity contribution is -0.137. The third kappa shape index (κ3) is 4.59. The zero-order valence-corrected chi connectivity index (χ0v) is 17.6. The SMILES string of the molecule is Cc1nc(NC(=O)Cc2cccc3ccc(-c4cccc(C(F)(F)F)c4)nc23)sc1C. The number of carbonyl (C=O) groups excluding carboxylic acids is 1. The Balaban J connectivity index is 1.65. The molecule has 31 heavy (non-hydrogen) atoms. The van der Waals surface area contributed by atoms with Crippen LogP contribution in [0.25, 0.3) is 22.2 Å². The van der Waals surface area contributed by atoms with Crippen molar-refractivity contribution >= 4 is 33.3 Å². The number of carbonyl (C=O) groups is 1. The lowest BCUT2D eigenvalue weighted by Gasteiger charge is -2.10. The summed E-state index contributed by atoms with van der Waals surface area (Å²) in [4.78, 5) is 22.5. The Morgan fingerprint density at radius 2 is 1.81 bits per heavy atom. The van der Waals surface area contributed by atoms with E-state index in [2.05, 4.69) is 15.3 Å². The predicted molar refractivity (Wildman–Crippen MR) is 116 cm³/mol. The number of amides is 1. The molecule has 2 aromatic heterocycles. The number of benzene rings is 2. The molecule has 0 saturated carbocycles. The van der Waals surface area contributed by atoms with Crippen LogP contribution < -0.4 is 5.32 Å². The zero-order chi connectivity index (χ0) is 22.2. The van der Waals surface area contributed by atoms with E-state index in [-0.39, 0.29) is 12.3 Å². The van der Waals surface area contributed by atoms with Crippen molar-refractivity contribution in [3.63, 3.8) is 0 Å². The van der Waals surface area contributed by atoms with Crippen LogP contribution in [0, 0.1) is 13.8 Å². The molecule has 4 aromatic rings. The number of anilines is 1. The maximum absolute atomic E-state index is 13.1. The number of nitrogens with zero attached hydrogens (tertiary/aromatic N) is 2. The van der Waals surface area contributed by atoms with Gasteiger partial charge >= 0.3 is 6.18 Å².